The van der Waals surface area contributed by atoms with Crippen LogP contribution < -0.4 is 11.1 Å². The van der Waals surface area contributed by atoms with E-state index in [1.165, 1.54) is 32.1 Å². The SMILES string of the molecule is NC(=O)N(CCNc1ccccc1Cl)C(=O)CCC1CCCCC1. The van der Waals surface area contributed by atoms with E-state index in [1.54, 1.807) is 6.07 Å². The molecule has 0 saturated heterocycles. The van der Waals surface area contributed by atoms with E-state index in [9.17, 15) is 9.59 Å². The number of hydrogen-bond donors (Lipinski definition) is 2. The Bertz CT molecular complexity index is 559. The Morgan fingerprint density at radius 3 is 2.58 bits per heavy atom. The lowest BCUT2D eigenvalue weighted by molar-refractivity contribution is -0.128. The Kier molecular flexibility index (Phi) is 7.37. The molecule has 0 radical (unpaired) electrons. The van der Waals surface area contributed by atoms with E-state index >= 15 is 0 Å². The Hall–Kier alpha value is -1.75. The van der Waals surface area contributed by atoms with Crippen molar-refractivity contribution in [3.05, 3.63) is 29.3 Å². The molecule has 0 bridgehead atoms. The van der Waals surface area contributed by atoms with Gasteiger partial charge in [0.2, 0.25) is 5.91 Å². The average Bonchev–Trinajstić information content (AvgIpc) is 2.58. The largest absolute Gasteiger partial charge is 0.382 e. The van der Waals surface area contributed by atoms with Crippen LogP contribution in [0.15, 0.2) is 24.3 Å². The highest BCUT2D eigenvalue weighted by atomic mass is 35.5. The number of amides is 3. The summed E-state index contributed by atoms with van der Waals surface area (Å²) in [5.74, 6) is 0.424. The Balaban J connectivity index is 1.78. The number of rotatable bonds is 7. The maximum atomic E-state index is 12.3. The summed E-state index contributed by atoms with van der Waals surface area (Å²) >= 11 is 6.07. The fourth-order valence-corrected chi connectivity index (χ4v) is 3.41. The van der Waals surface area contributed by atoms with Crippen LogP contribution >= 0.6 is 11.6 Å². The van der Waals surface area contributed by atoms with Crippen molar-refractivity contribution in [2.24, 2.45) is 11.7 Å². The second-order valence-electron chi connectivity index (χ2n) is 6.33. The average molecular weight is 352 g/mol. The second kappa shape index (κ2) is 9.52. The minimum atomic E-state index is -0.690. The number of anilines is 1. The number of primary amides is 1. The lowest BCUT2D eigenvalue weighted by Gasteiger charge is -2.23. The van der Waals surface area contributed by atoms with Crippen LogP contribution in [0.1, 0.15) is 44.9 Å². The van der Waals surface area contributed by atoms with Gasteiger partial charge in [-0.1, -0.05) is 55.8 Å². The standard InChI is InChI=1S/C18H26ClN3O2/c19-15-8-4-5-9-16(15)21-12-13-22(18(20)24)17(23)11-10-14-6-2-1-3-7-14/h4-5,8-9,14,21H,1-3,6-7,10-13H2,(H2,20,24). The molecule has 0 aromatic heterocycles. The normalized spacial score (nSPS) is 15.0. The number of carbonyl (C=O) groups excluding carboxylic acids is 2. The number of nitrogens with two attached hydrogens (primary N) is 1. The number of halogens is 1. The van der Waals surface area contributed by atoms with Crippen molar-refractivity contribution in [2.45, 2.75) is 44.9 Å². The first-order valence-electron chi connectivity index (χ1n) is 8.66. The molecule has 1 fully saturated rings. The highest BCUT2D eigenvalue weighted by molar-refractivity contribution is 6.33. The molecule has 1 saturated carbocycles. The molecule has 0 atom stereocenters. The highest BCUT2D eigenvalue weighted by Gasteiger charge is 2.21. The zero-order valence-corrected chi connectivity index (χ0v) is 14.7. The molecule has 24 heavy (non-hydrogen) atoms. The van der Waals surface area contributed by atoms with Crippen molar-refractivity contribution in [1.82, 2.24) is 4.90 Å². The zero-order chi connectivity index (χ0) is 17.4. The molecule has 5 nitrogen and oxygen atoms in total. The van der Waals surface area contributed by atoms with Crippen LogP contribution in [0.25, 0.3) is 0 Å². The third-order valence-electron chi connectivity index (χ3n) is 4.58. The lowest BCUT2D eigenvalue weighted by Crippen LogP contribution is -2.43. The monoisotopic (exact) mass is 351 g/mol. The van der Waals surface area contributed by atoms with E-state index in [1.807, 2.05) is 18.2 Å². The molecule has 132 valence electrons. The van der Waals surface area contributed by atoms with Crippen LogP contribution in [0.2, 0.25) is 5.02 Å². The van der Waals surface area contributed by atoms with Gasteiger partial charge in [0.05, 0.1) is 10.7 Å². The summed E-state index contributed by atoms with van der Waals surface area (Å²) in [6.45, 7) is 0.659. The number of urea groups is 1. The number of benzene rings is 1. The first-order valence-corrected chi connectivity index (χ1v) is 9.04. The molecule has 3 N–H and O–H groups in total. The molecule has 1 aromatic rings. The van der Waals surface area contributed by atoms with Gasteiger partial charge in [0.25, 0.3) is 0 Å². The van der Waals surface area contributed by atoms with Gasteiger partial charge in [0, 0.05) is 19.5 Å². The Morgan fingerprint density at radius 1 is 1.21 bits per heavy atom. The van der Waals surface area contributed by atoms with Gasteiger partial charge in [-0.05, 0) is 24.5 Å². The van der Waals surface area contributed by atoms with E-state index in [4.69, 9.17) is 17.3 Å². The smallest absolute Gasteiger partial charge is 0.321 e. The number of para-hydroxylation sites is 1. The summed E-state index contributed by atoms with van der Waals surface area (Å²) in [7, 11) is 0. The third-order valence-corrected chi connectivity index (χ3v) is 4.91. The number of hydrogen-bond acceptors (Lipinski definition) is 3. The number of carbonyl (C=O) groups is 2. The summed E-state index contributed by atoms with van der Waals surface area (Å²) in [6, 6.07) is 6.66. The van der Waals surface area contributed by atoms with Crippen LogP contribution in [-0.2, 0) is 4.79 Å². The molecule has 1 aliphatic rings. The van der Waals surface area contributed by atoms with Crippen molar-refractivity contribution in [1.29, 1.82) is 0 Å². The van der Waals surface area contributed by atoms with Gasteiger partial charge in [0.15, 0.2) is 0 Å². The van der Waals surface area contributed by atoms with Gasteiger partial charge in [-0.2, -0.15) is 0 Å². The molecule has 1 aromatic carbocycles. The van der Waals surface area contributed by atoms with E-state index in [-0.39, 0.29) is 12.5 Å². The van der Waals surface area contributed by atoms with Gasteiger partial charge in [-0.15, -0.1) is 0 Å². The molecule has 0 aliphatic heterocycles. The molecule has 3 amide bonds. The van der Waals surface area contributed by atoms with Crippen molar-refractivity contribution in [2.75, 3.05) is 18.4 Å². The molecule has 1 aliphatic carbocycles. The van der Waals surface area contributed by atoms with E-state index < -0.39 is 6.03 Å². The fraction of sp³-hybridized carbons (Fsp3) is 0.556. The van der Waals surface area contributed by atoms with E-state index in [0.717, 1.165) is 17.0 Å². The number of nitrogens with one attached hydrogen (secondary N) is 1. The van der Waals surface area contributed by atoms with Crippen molar-refractivity contribution < 1.29 is 9.59 Å². The van der Waals surface area contributed by atoms with Crippen molar-refractivity contribution in [3.63, 3.8) is 0 Å². The molecule has 2 rings (SSSR count). The first kappa shape index (κ1) is 18.6. The lowest BCUT2D eigenvalue weighted by atomic mass is 9.86. The van der Waals surface area contributed by atoms with Crippen LogP contribution in [-0.4, -0.2) is 29.9 Å². The molecule has 0 heterocycles. The van der Waals surface area contributed by atoms with Crippen LogP contribution in [0.5, 0.6) is 0 Å². The maximum Gasteiger partial charge on any atom is 0.321 e. The van der Waals surface area contributed by atoms with E-state index in [0.29, 0.717) is 23.9 Å². The van der Waals surface area contributed by atoms with Crippen LogP contribution in [0.4, 0.5) is 10.5 Å². The summed E-state index contributed by atoms with van der Waals surface area (Å²) in [6.07, 6.45) is 7.42. The third kappa shape index (κ3) is 5.71. The fourth-order valence-electron chi connectivity index (χ4n) is 3.20. The predicted octanol–water partition coefficient (Wildman–Crippen LogP) is 4.02. The summed E-state index contributed by atoms with van der Waals surface area (Å²) in [4.78, 5) is 25.0. The molecule has 0 spiro atoms. The van der Waals surface area contributed by atoms with Gasteiger partial charge in [-0.25, -0.2) is 4.79 Å². The van der Waals surface area contributed by atoms with Crippen molar-refractivity contribution >= 4 is 29.2 Å². The van der Waals surface area contributed by atoms with Gasteiger partial charge in [-0.3, -0.25) is 9.69 Å². The quantitative estimate of drug-likeness (QED) is 0.779. The number of nitrogens with zero attached hydrogens (tertiary/aromatic N) is 1. The highest BCUT2D eigenvalue weighted by Crippen LogP contribution is 2.27. The summed E-state index contributed by atoms with van der Waals surface area (Å²) in [5.41, 5.74) is 6.14. The molecular formula is C18H26ClN3O2. The molecular weight excluding hydrogens is 326 g/mol. The topological polar surface area (TPSA) is 75.4 Å². The summed E-state index contributed by atoms with van der Waals surface area (Å²) < 4.78 is 0. The molecule has 6 heteroatoms. The minimum absolute atomic E-state index is 0.186. The second-order valence-corrected chi connectivity index (χ2v) is 6.74. The van der Waals surface area contributed by atoms with E-state index in [2.05, 4.69) is 5.32 Å². The number of imide groups is 1. The van der Waals surface area contributed by atoms with Crippen LogP contribution in [0, 0.1) is 5.92 Å². The van der Waals surface area contributed by atoms with Gasteiger partial charge >= 0.3 is 6.03 Å². The van der Waals surface area contributed by atoms with Gasteiger partial charge in [0.1, 0.15) is 0 Å². The maximum absolute atomic E-state index is 12.3. The Labute approximate surface area is 148 Å². The zero-order valence-electron chi connectivity index (χ0n) is 14.0. The minimum Gasteiger partial charge on any atom is -0.382 e. The Morgan fingerprint density at radius 2 is 1.92 bits per heavy atom. The first-order chi connectivity index (χ1) is 11.6. The summed E-state index contributed by atoms with van der Waals surface area (Å²) in [5, 5.41) is 3.73. The van der Waals surface area contributed by atoms with Crippen LogP contribution in [0.3, 0.4) is 0 Å². The van der Waals surface area contributed by atoms with Gasteiger partial charge < -0.3 is 11.1 Å². The van der Waals surface area contributed by atoms with Crippen molar-refractivity contribution in [3.8, 4) is 0 Å². The predicted molar refractivity (Wildman–Crippen MR) is 97.0 cm³/mol. The molecule has 0 unspecified atom stereocenters.